The van der Waals surface area contributed by atoms with Gasteiger partial charge in [-0.3, -0.25) is 0 Å². The number of halogens is 1. The molecule has 3 heteroatoms. The SMILES string of the molecule is CCC(C)C1CN(c2ccccc2Cl)CCCN1. The minimum absolute atomic E-state index is 0.564. The zero-order valence-corrected chi connectivity index (χ0v) is 12.1. The van der Waals surface area contributed by atoms with Crippen molar-refractivity contribution in [3.05, 3.63) is 29.3 Å². The van der Waals surface area contributed by atoms with Gasteiger partial charge in [0.25, 0.3) is 0 Å². The van der Waals surface area contributed by atoms with Gasteiger partial charge in [-0.1, -0.05) is 44.0 Å². The Morgan fingerprint density at radius 1 is 1.44 bits per heavy atom. The molecule has 0 amide bonds. The van der Waals surface area contributed by atoms with Crippen LogP contribution in [-0.4, -0.2) is 25.7 Å². The van der Waals surface area contributed by atoms with E-state index in [-0.39, 0.29) is 0 Å². The zero-order chi connectivity index (χ0) is 13.0. The van der Waals surface area contributed by atoms with Crippen LogP contribution in [0, 0.1) is 5.92 Å². The highest BCUT2D eigenvalue weighted by atomic mass is 35.5. The van der Waals surface area contributed by atoms with E-state index in [1.54, 1.807) is 0 Å². The number of hydrogen-bond acceptors (Lipinski definition) is 2. The summed E-state index contributed by atoms with van der Waals surface area (Å²) in [7, 11) is 0. The number of anilines is 1. The Bertz CT molecular complexity index is 381. The molecule has 1 aliphatic heterocycles. The van der Waals surface area contributed by atoms with Crippen LogP contribution >= 0.6 is 11.6 Å². The second-order valence-corrected chi connectivity index (χ2v) is 5.60. The maximum Gasteiger partial charge on any atom is 0.0639 e. The van der Waals surface area contributed by atoms with Gasteiger partial charge in [0.15, 0.2) is 0 Å². The lowest BCUT2D eigenvalue weighted by atomic mass is 9.99. The summed E-state index contributed by atoms with van der Waals surface area (Å²) in [6, 6.07) is 8.73. The topological polar surface area (TPSA) is 15.3 Å². The number of benzene rings is 1. The van der Waals surface area contributed by atoms with E-state index < -0.39 is 0 Å². The molecule has 1 heterocycles. The number of hydrogen-bond donors (Lipinski definition) is 1. The van der Waals surface area contributed by atoms with Crippen LogP contribution < -0.4 is 10.2 Å². The fourth-order valence-electron chi connectivity index (χ4n) is 2.54. The van der Waals surface area contributed by atoms with Crippen molar-refractivity contribution in [3.8, 4) is 0 Å². The van der Waals surface area contributed by atoms with Gasteiger partial charge in [0.1, 0.15) is 0 Å². The van der Waals surface area contributed by atoms with Crippen LogP contribution in [0.1, 0.15) is 26.7 Å². The van der Waals surface area contributed by atoms with Crippen LogP contribution in [0.5, 0.6) is 0 Å². The Morgan fingerprint density at radius 3 is 2.94 bits per heavy atom. The van der Waals surface area contributed by atoms with Crippen molar-refractivity contribution in [2.24, 2.45) is 5.92 Å². The number of rotatable bonds is 3. The number of nitrogens with one attached hydrogen (secondary N) is 1. The lowest BCUT2D eigenvalue weighted by Crippen LogP contribution is -2.42. The Kier molecular flexibility index (Phi) is 4.90. The molecule has 0 aromatic heterocycles. The Hall–Kier alpha value is -0.730. The molecule has 1 saturated heterocycles. The van der Waals surface area contributed by atoms with Crippen molar-refractivity contribution in [1.82, 2.24) is 5.32 Å². The molecule has 100 valence electrons. The van der Waals surface area contributed by atoms with E-state index in [9.17, 15) is 0 Å². The smallest absolute Gasteiger partial charge is 0.0639 e. The second-order valence-electron chi connectivity index (χ2n) is 5.20. The van der Waals surface area contributed by atoms with Crippen molar-refractivity contribution in [3.63, 3.8) is 0 Å². The molecule has 2 nitrogen and oxygen atoms in total. The van der Waals surface area contributed by atoms with E-state index in [1.807, 2.05) is 12.1 Å². The summed E-state index contributed by atoms with van der Waals surface area (Å²) < 4.78 is 0. The van der Waals surface area contributed by atoms with E-state index in [2.05, 4.69) is 36.2 Å². The third kappa shape index (κ3) is 3.18. The van der Waals surface area contributed by atoms with Crippen LogP contribution in [0.25, 0.3) is 0 Å². The molecule has 1 aliphatic rings. The fraction of sp³-hybridized carbons (Fsp3) is 0.600. The van der Waals surface area contributed by atoms with Crippen LogP contribution in [-0.2, 0) is 0 Å². The first-order chi connectivity index (χ1) is 8.72. The van der Waals surface area contributed by atoms with Gasteiger partial charge < -0.3 is 10.2 Å². The maximum atomic E-state index is 6.31. The average Bonchev–Trinajstić information content (AvgIpc) is 2.64. The summed E-state index contributed by atoms with van der Waals surface area (Å²) in [4.78, 5) is 2.43. The molecule has 2 unspecified atom stereocenters. The standard InChI is InChI=1S/C15H23ClN2/c1-3-12(2)14-11-18(10-6-9-17-14)15-8-5-4-7-13(15)16/h4-5,7-8,12,14,17H,3,6,9-11H2,1-2H3. The first kappa shape index (κ1) is 13.7. The van der Waals surface area contributed by atoms with Gasteiger partial charge in [0, 0.05) is 19.1 Å². The first-order valence-electron chi connectivity index (χ1n) is 6.95. The summed E-state index contributed by atoms with van der Waals surface area (Å²) in [5.41, 5.74) is 1.18. The van der Waals surface area contributed by atoms with Crippen LogP contribution in [0.2, 0.25) is 5.02 Å². The molecule has 1 N–H and O–H groups in total. The van der Waals surface area contributed by atoms with Gasteiger partial charge in [0.05, 0.1) is 10.7 Å². The Balaban J connectivity index is 2.14. The van der Waals surface area contributed by atoms with Gasteiger partial charge in [-0.05, 0) is 31.0 Å². The lowest BCUT2D eigenvalue weighted by Gasteiger charge is -2.30. The third-order valence-corrected chi connectivity index (χ3v) is 4.27. The minimum atomic E-state index is 0.564. The molecule has 0 spiro atoms. The monoisotopic (exact) mass is 266 g/mol. The van der Waals surface area contributed by atoms with Gasteiger partial charge >= 0.3 is 0 Å². The van der Waals surface area contributed by atoms with Crippen molar-refractivity contribution >= 4 is 17.3 Å². The maximum absolute atomic E-state index is 6.31. The van der Waals surface area contributed by atoms with E-state index in [4.69, 9.17) is 11.6 Å². The Labute approximate surface area is 115 Å². The van der Waals surface area contributed by atoms with Crippen molar-refractivity contribution < 1.29 is 0 Å². The van der Waals surface area contributed by atoms with Gasteiger partial charge in [-0.2, -0.15) is 0 Å². The molecule has 1 aromatic carbocycles. The molecule has 0 radical (unpaired) electrons. The van der Waals surface area contributed by atoms with Crippen LogP contribution in [0.4, 0.5) is 5.69 Å². The lowest BCUT2D eigenvalue weighted by molar-refractivity contribution is 0.384. The molecular weight excluding hydrogens is 244 g/mol. The van der Waals surface area contributed by atoms with Crippen LogP contribution in [0.15, 0.2) is 24.3 Å². The van der Waals surface area contributed by atoms with Gasteiger partial charge in [-0.15, -0.1) is 0 Å². The molecule has 2 atom stereocenters. The normalized spacial score (nSPS) is 22.6. The van der Waals surface area contributed by atoms with Gasteiger partial charge in [-0.25, -0.2) is 0 Å². The predicted molar refractivity (Wildman–Crippen MR) is 79.5 cm³/mol. The number of nitrogens with zero attached hydrogens (tertiary/aromatic N) is 1. The molecule has 0 aliphatic carbocycles. The Morgan fingerprint density at radius 2 is 2.22 bits per heavy atom. The summed E-state index contributed by atoms with van der Waals surface area (Å²) in [5, 5.41) is 4.53. The van der Waals surface area contributed by atoms with E-state index in [1.165, 1.54) is 18.5 Å². The minimum Gasteiger partial charge on any atom is -0.369 e. The average molecular weight is 267 g/mol. The van der Waals surface area contributed by atoms with E-state index >= 15 is 0 Å². The van der Waals surface area contributed by atoms with Crippen LogP contribution in [0.3, 0.4) is 0 Å². The summed E-state index contributed by atoms with van der Waals surface area (Å²) in [5.74, 6) is 0.702. The molecule has 0 saturated carbocycles. The summed E-state index contributed by atoms with van der Waals surface area (Å²) in [6.07, 6.45) is 2.40. The molecule has 1 fully saturated rings. The fourth-order valence-corrected chi connectivity index (χ4v) is 2.80. The van der Waals surface area contributed by atoms with Crippen molar-refractivity contribution in [2.75, 3.05) is 24.5 Å². The summed E-state index contributed by atoms with van der Waals surface area (Å²) in [6.45, 7) is 7.84. The molecule has 18 heavy (non-hydrogen) atoms. The largest absolute Gasteiger partial charge is 0.369 e. The second kappa shape index (κ2) is 6.44. The zero-order valence-electron chi connectivity index (χ0n) is 11.3. The van der Waals surface area contributed by atoms with E-state index in [0.29, 0.717) is 12.0 Å². The molecule has 0 bridgehead atoms. The van der Waals surface area contributed by atoms with Crippen molar-refractivity contribution in [1.29, 1.82) is 0 Å². The highest BCUT2D eigenvalue weighted by Gasteiger charge is 2.22. The highest BCUT2D eigenvalue weighted by Crippen LogP contribution is 2.27. The summed E-state index contributed by atoms with van der Waals surface area (Å²) >= 11 is 6.31. The van der Waals surface area contributed by atoms with Crippen molar-refractivity contribution in [2.45, 2.75) is 32.7 Å². The third-order valence-electron chi connectivity index (χ3n) is 3.95. The quantitative estimate of drug-likeness (QED) is 0.900. The first-order valence-corrected chi connectivity index (χ1v) is 7.33. The molecular formula is C15H23ClN2. The van der Waals surface area contributed by atoms with E-state index in [0.717, 1.165) is 24.7 Å². The molecule has 2 rings (SSSR count). The van der Waals surface area contributed by atoms with Gasteiger partial charge in [0.2, 0.25) is 0 Å². The number of para-hydroxylation sites is 1. The highest BCUT2D eigenvalue weighted by molar-refractivity contribution is 6.33. The predicted octanol–water partition coefficient (Wildman–Crippen LogP) is 3.55. The molecule has 1 aromatic rings.